The van der Waals surface area contributed by atoms with E-state index in [2.05, 4.69) is 0 Å². The zero-order valence-electron chi connectivity index (χ0n) is 8.40. The van der Waals surface area contributed by atoms with Gasteiger partial charge in [0.15, 0.2) is 0 Å². The first-order valence-corrected chi connectivity index (χ1v) is 4.79. The van der Waals surface area contributed by atoms with Crippen LogP contribution in [-0.4, -0.2) is 6.54 Å². The van der Waals surface area contributed by atoms with Crippen LogP contribution in [0, 0.1) is 5.92 Å². The lowest BCUT2D eigenvalue weighted by Crippen LogP contribution is -2.04. The molecular weight excluding hydrogens is 189 g/mol. The Hall–Kier alpha value is -0.340. The molecule has 2 N–H and O–H groups in total. The molecular formula is C10H17ClFN. The number of hydrogen-bond acceptors (Lipinski definition) is 1. The Labute approximate surface area is 84.5 Å². The van der Waals surface area contributed by atoms with E-state index in [9.17, 15) is 4.39 Å². The summed E-state index contributed by atoms with van der Waals surface area (Å²) in [6.07, 6.45) is 2.44. The Kier molecular flexibility index (Phi) is 6.00. The van der Waals surface area contributed by atoms with Gasteiger partial charge in [-0.15, -0.1) is 0 Å². The van der Waals surface area contributed by atoms with Crippen LogP contribution < -0.4 is 5.73 Å². The first-order chi connectivity index (χ1) is 5.99. The molecule has 1 nitrogen and oxygen atoms in total. The molecule has 0 aromatic rings. The SMILES string of the molecule is C/C(F)=C(Cl)\C=C(\CCN)C(C)C. The lowest BCUT2D eigenvalue weighted by atomic mass is 9.99. The first-order valence-electron chi connectivity index (χ1n) is 4.41. The van der Waals surface area contributed by atoms with E-state index < -0.39 is 0 Å². The topological polar surface area (TPSA) is 26.0 Å². The van der Waals surface area contributed by atoms with E-state index in [0.29, 0.717) is 12.5 Å². The summed E-state index contributed by atoms with van der Waals surface area (Å²) in [7, 11) is 0. The molecule has 0 aliphatic heterocycles. The van der Waals surface area contributed by atoms with Gasteiger partial charge >= 0.3 is 0 Å². The second kappa shape index (κ2) is 6.17. The van der Waals surface area contributed by atoms with E-state index in [1.807, 2.05) is 13.8 Å². The van der Waals surface area contributed by atoms with Gasteiger partial charge in [-0.25, -0.2) is 4.39 Å². The van der Waals surface area contributed by atoms with Crippen molar-refractivity contribution in [2.45, 2.75) is 27.2 Å². The van der Waals surface area contributed by atoms with Gasteiger partial charge in [0.25, 0.3) is 0 Å². The van der Waals surface area contributed by atoms with Gasteiger partial charge in [0.2, 0.25) is 0 Å². The fraction of sp³-hybridized carbons (Fsp3) is 0.600. The number of allylic oxidation sites excluding steroid dienone is 3. The highest BCUT2D eigenvalue weighted by Crippen LogP contribution is 2.20. The van der Waals surface area contributed by atoms with Crippen LogP contribution in [0.3, 0.4) is 0 Å². The smallest absolute Gasteiger partial charge is 0.115 e. The second-order valence-corrected chi connectivity index (χ2v) is 3.70. The van der Waals surface area contributed by atoms with Gasteiger partial charge < -0.3 is 5.73 Å². The summed E-state index contributed by atoms with van der Waals surface area (Å²) in [6, 6.07) is 0. The van der Waals surface area contributed by atoms with Crippen molar-refractivity contribution in [2.75, 3.05) is 6.54 Å². The molecule has 0 saturated carbocycles. The van der Waals surface area contributed by atoms with Crippen LogP contribution in [-0.2, 0) is 0 Å². The molecule has 0 atom stereocenters. The molecule has 13 heavy (non-hydrogen) atoms. The summed E-state index contributed by atoms with van der Waals surface area (Å²) < 4.78 is 12.6. The van der Waals surface area contributed by atoms with Crippen LogP contribution >= 0.6 is 11.6 Å². The van der Waals surface area contributed by atoms with E-state index in [4.69, 9.17) is 17.3 Å². The van der Waals surface area contributed by atoms with Gasteiger partial charge in [-0.2, -0.15) is 0 Å². The minimum absolute atomic E-state index is 0.178. The van der Waals surface area contributed by atoms with Crippen LogP contribution in [0.5, 0.6) is 0 Å². The molecule has 0 spiro atoms. The lowest BCUT2D eigenvalue weighted by molar-refractivity contribution is 0.636. The Morgan fingerprint density at radius 2 is 2.08 bits per heavy atom. The Morgan fingerprint density at radius 3 is 2.38 bits per heavy atom. The van der Waals surface area contributed by atoms with E-state index in [-0.39, 0.29) is 10.9 Å². The normalized spacial score (nSPS) is 14.8. The quantitative estimate of drug-likeness (QED) is 0.700. The zero-order valence-corrected chi connectivity index (χ0v) is 9.16. The number of hydrogen-bond donors (Lipinski definition) is 1. The van der Waals surface area contributed by atoms with Crippen LogP contribution in [0.1, 0.15) is 27.2 Å². The van der Waals surface area contributed by atoms with Gasteiger partial charge in [-0.05, 0) is 31.9 Å². The van der Waals surface area contributed by atoms with E-state index in [1.54, 1.807) is 6.08 Å². The molecule has 3 heteroatoms. The monoisotopic (exact) mass is 205 g/mol. The maximum atomic E-state index is 12.6. The molecule has 0 unspecified atom stereocenters. The third kappa shape index (κ3) is 5.06. The van der Waals surface area contributed by atoms with Crippen molar-refractivity contribution in [3.63, 3.8) is 0 Å². The first kappa shape index (κ1) is 12.7. The van der Waals surface area contributed by atoms with Gasteiger partial charge in [0, 0.05) is 0 Å². The predicted octanol–water partition coefficient (Wildman–Crippen LogP) is 3.36. The Balaban J connectivity index is 4.63. The Morgan fingerprint density at radius 1 is 1.54 bits per heavy atom. The van der Waals surface area contributed by atoms with Crippen molar-refractivity contribution in [1.29, 1.82) is 0 Å². The third-order valence-electron chi connectivity index (χ3n) is 1.82. The highest BCUT2D eigenvalue weighted by Gasteiger charge is 2.04. The summed E-state index contributed by atoms with van der Waals surface area (Å²) in [6.45, 7) is 6.00. The molecule has 0 rings (SSSR count). The van der Waals surface area contributed by atoms with Gasteiger partial charge in [0.05, 0.1) is 5.03 Å². The molecule has 76 valence electrons. The molecule has 0 radical (unpaired) electrons. The summed E-state index contributed by atoms with van der Waals surface area (Å²) in [4.78, 5) is 0. The molecule has 0 amide bonds. The van der Waals surface area contributed by atoms with Crippen LogP contribution in [0.25, 0.3) is 0 Å². The molecule has 0 saturated heterocycles. The fourth-order valence-electron chi connectivity index (χ4n) is 0.956. The van der Waals surface area contributed by atoms with Crippen LogP contribution in [0.4, 0.5) is 4.39 Å². The maximum Gasteiger partial charge on any atom is 0.115 e. The molecule has 0 aromatic heterocycles. The van der Waals surface area contributed by atoms with E-state index >= 15 is 0 Å². The number of nitrogens with two attached hydrogens (primary N) is 1. The van der Waals surface area contributed by atoms with E-state index in [1.165, 1.54) is 6.92 Å². The van der Waals surface area contributed by atoms with Crippen molar-refractivity contribution >= 4 is 11.6 Å². The van der Waals surface area contributed by atoms with Crippen molar-refractivity contribution in [3.8, 4) is 0 Å². The molecule has 0 aromatic carbocycles. The average Bonchev–Trinajstić information content (AvgIpc) is 2.03. The van der Waals surface area contributed by atoms with Crippen LogP contribution in [0.2, 0.25) is 0 Å². The summed E-state index contributed by atoms with van der Waals surface area (Å²) in [5.74, 6) is 0.00786. The van der Waals surface area contributed by atoms with Gasteiger partial charge in [-0.1, -0.05) is 31.0 Å². The highest BCUT2D eigenvalue weighted by molar-refractivity contribution is 6.31. The standard InChI is InChI=1S/C10H17ClFN/c1-7(2)9(4-5-13)6-10(11)8(3)12/h6-7H,4-5,13H2,1-3H3/b9-6-,10-8-. The minimum atomic E-state index is -0.350. The van der Waals surface area contributed by atoms with Crippen LogP contribution in [0.15, 0.2) is 22.5 Å². The minimum Gasteiger partial charge on any atom is -0.330 e. The van der Waals surface area contributed by atoms with E-state index in [0.717, 1.165) is 12.0 Å². The number of rotatable bonds is 4. The summed E-state index contributed by atoms with van der Waals surface area (Å²) in [5, 5.41) is 0.178. The van der Waals surface area contributed by atoms with Crippen molar-refractivity contribution in [3.05, 3.63) is 22.5 Å². The molecule has 0 bridgehead atoms. The predicted molar refractivity (Wildman–Crippen MR) is 56.3 cm³/mol. The molecule has 0 aliphatic rings. The fourth-order valence-corrected chi connectivity index (χ4v) is 1.10. The molecule has 0 heterocycles. The van der Waals surface area contributed by atoms with Gasteiger partial charge in [0.1, 0.15) is 5.83 Å². The molecule has 0 fully saturated rings. The second-order valence-electron chi connectivity index (χ2n) is 3.29. The highest BCUT2D eigenvalue weighted by atomic mass is 35.5. The molecule has 0 aliphatic carbocycles. The lowest BCUT2D eigenvalue weighted by Gasteiger charge is -2.09. The summed E-state index contributed by atoms with van der Waals surface area (Å²) >= 11 is 5.68. The third-order valence-corrected chi connectivity index (χ3v) is 2.19. The van der Waals surface area contributed by atoms with Gasteiger partial charge in [-0.3, -0.25) is 0 Å². The van der Waals surface area contributed by atoms with Crippen molar-refractivity contribution in [2.24, 2.45) is 11.7 Å². The van der Waals surface area contributed by atoms with Crippen molar-refractivity contribution in [1.82, 2.24) is 0 Å². The van der Waals surface area contributed by atoms with Crippen molar-refractivity contribution < 1.29 is 4.39 Å². The Bertz CT molecular complexity index is 215. The maximum absolute atomic E-state index is 12.6. The largest absolute Gasteiger partial charge is 0.330 e. The zero-order chi connectivity index (χ0) is 10.4. The average molecular weight is 206 g/mol. The summed E-state index contributed by atoms with van der Waals surface area (Å²) in [5.41, 5.74) is 6.51. The number of halogens is 2.